The van der Waals surface area contributed by atoms with Gasteiger partial charge in [0.25, 0.3) is 0 Å². The Balaban J connectivity index is 2.05. The van der Waals surface area contributed by atoms with E-state index >= 15 is 0 Å². The zero-order valence-electron chi connectivity index (χ0n) is 16.3. The fourth-order valence-electron chi connectivity index (χ4n) is 2.80. The molecule has 2 N–H and O–H groups in total. The lowest BCUT2D eigenvalue weighted by atomic mass is 10.0. The summed E-state index contributed by atoms with van der Waals surface area (Å²) in [6.07, 6.45) is 1.01. The third kappa shape index (κ3) is 6.48. The summed E-state index contributed by atoms with van der Waals surface area (Å²) in [7, 11) is -3.62. The first-order chi connectivity index (χ1) is 12.7. The van der Waals surface area contributed by atoms with Crippen molar-refractivity contribution in [3.63, 3.8) is 0 Å². The van der Waals surface area contributed by atoms with Gasteiger partial charge in [-0.05, 0) is 48.1 Å². The van der Waals surface area contributed by atoms with Crippen LogP contribution < -0.4 is 10.0 Å². The number of nitrogens with one attached hydrogen (secondary N) is 2. The van der Waals surface area contributed by atoms with Crippen molar-refractivity contribution in [1.82, 2.24) is 10.0 Å². The van der Waals surface area contributed by atoms with Crippen LogP contribution in [0.15, 0.2) is 53.4 Å². The normalized spacial score (nSPS) is 12.8. The molecule has 0 saturated heterocycles. The van der Waals surface area contributed by atoms with Gasteiger partial charge in [-0.2, -0.15) is 0 Å². The van der Waals surface area contributed by atoms with E-state index in [1.807, 2.05) is 19.1 Å². The molecule has 1 amide bonds. The second-order valence-corrected chi connectivity index (χ2v) is 8.95. The number of hydrogen-bond acceptors (Lipinski definition) is 3. The van der Waals surface area contributed by atoms with Crippen molar-refractivity contribution in [1.29, 1.82) is 0 Å². The monoisotopic (exact) mass is 388 g/mol. The van der Waals surface area contributed by atoms with E-state index in [1.165, 1.54) is 12.5 Å². The van der Waals surface area contributed by atoms with Gasteiger partial charge in [0.05, 0.1) is 4.90 Å². The lowest BCUT2D eigenvalue weighted by Gasteiger charge is -2.16. The van der Waals surface area contributed by atoms with Crippen LogP contribution >= 0.6 is 0 Å². The maximum absolute atomic E-state index is 12.6. The standard InChI is InChI=1S/C21H28N2O3S/c1-15(2)13-18-5-9-20(10-6-18)16(3)23-27(25,26)21-11-7-19(8-12-21)14-22-17(4)24/h5-12,15-16,23H,13-14H2,1-4H3,(H,22,24)/t16-/m1/s1. The summed E-state index contributed by atoms with van der Waals surface area (Å²) in [4.78, 5) is 11.2. The topological polar surface area (TPSA) is 75.3 Å². The molecule has 0 aliphatic heterocycles. The van der Waals surface area contributed by atoms with Crippen LogP contribution in [0, 0.1) is 5.92 Å². The third-order valence-electron chi connectivity index (χ3n) is 4.23. The van der Waals surface area contributed by atoms with Gasteiger partial charge in [0.1, 0.15) is 0 Å². The van der Waals surface area contributed by atoms with E-state index in [1.54, 1.807) is 24.3 Å². The number of rotatable bonds is 8. The first-order valence-corrected chi connectivity index (χ1v) is 10.6. The molecule has 1 atom stereocenters. The predicted molar refractivity (Wildman–Crippen MR) is 108 cm³/mol. The minimum Gasteiger partial charge on any atom is -0.352 e. The zero-order chi connectivity index (χ0) is 20.0. The van der Waals surface area contributed by atoms with Crippen LogP contribution in [-0.2, 0) is 27.8 Å². The molecule has 0 aliphatic rings. The van der Waals surface area contributed by atoms with E-state index in [4.69, 9.17) is 0 Å². The molecule has 5 nitrogen and oxygen atoms in total. The fraction of sp³-hybridized carbons (Fsp3) is 0.381. The molecule has 27 heavy (non-hydrogen) atoms. The van der Waals surface area contributed by atoms with E-state index in [0.29, 0.717) is 12.5 Å². The predicted octanol–water partition coefficient (Wildman–Crippen LogP) is 3.56. The summed E-state index contributed by atoms with van der Waals surface area (Å²) in [5.74, 6) is 0.460. The number of benzene rings is 2. The summed E-state index contributed by atoms with van der Waals surface area (Å²) in [6.45, 7) is 8.00. The summed E-state index contributed by atoms with van der Waals surface area (Å²) >= 11 is 0. The number of amides is 1. The van der Waals surface area contributed by atoms with Gasteiger partial charge in [-0.15, -0.1) is 0 Å². The Morgan fingerprint density at radius 2 is 1.48 bits per heavy atom. The van der Waals surface area contributed by atoms with Gasteiger partial charge >= 0.3 is 0 Å². The van der Waals surface area contributed by atoms with Crippen LogP contribution in [0.25, 0.3) is 0 Å². The molecule has 2 rings (SSSR count). The fourth-order valence-corrected chi connectivity index (χ4v) is 4.03. The van der Waals surface area contributed by atoms with Crippen molar-refractivity contribution in [2.75, 3.05) is 0 Å². The maximum atomic E-state index is 12.6. The summed E-state index contributed by atoms with van der Waals surface area (Å²) < 4.78 is 28.0. The molecule has 0 bridgehead atoms. The highest BCUT2D eigenvalue weighted by molar-refractivity contribution is 7.89. The van der Waals surface area contributed by atoms with Crippen molar-refractivity contribution in [3.05, 3.63) is 65.2 Å². The van der Waals surface area contributed by atoms with E-state index in [2.05, 4.69) is 36.0 Å². The average molecular weight is 389 g/mol. The van der Waals surface area contributed by atoms with Gasteiger partial charge in [-0.1, -0.05) is 50.2 Å². The second-order valence-electron chi connectivity index (χ2n) is 7.24. The smallest absolute Gasteiger partial charge is 0.241 e. The van der Waals surface area contributed by atoms with E-state index in [-0.39, 0.29) is 16.8 Å². The van der Waals surface area contributed by atoms with E-state index in [9.17, 15) is 13.2 Å². The van der Waals surface area contributed by atoms with E-state index < -0.39 is 10.0 Å². The number of carbonyl (C=O) groups is 1. The zero-order valence-corrected chi connectivity index (χ0v) is 17.1. The molecule has 146 valence electrons. The molecule has 2 aromatic rings. The first kappa shape index (κ1) is 21.1. The molecule has 2 aromatic carbocycles. The maximum Gasteiger partial charge on any atom is 0.241 e. The molecular weight excluding hydrogens is 360 g/mol. The summed E-state index contributed by atoms with van der Waals surface area (Å²) in [5, 5.41) is 2.69. The number of hydrogen-bond donors (Lipinski definition) is 2. The van der Waals surface area contributed by atoms with Crippen LogP contribution in [0.3, 0.4) is 0 Å². The van der Waals surface area contributed by atoms with Gasteiger partial charge in [0, 0.05) is 19.5 Å². The van der Waals surface area contributed by atoms with Gasteiger partial charge in [-0.3, -0.25) is 4.79 Å². The van der Waals surface area contributed by atoms with Gasteiger partial charge < -0.3 is 5.32 Å². The highest BCUT2D eigenvalue weighted by Crippen LogP contribution is 2.19. The second kappa shape index (κ2) is 9.15. The Hall–Kier alpha value is -2.18. The Bertz CT molecular complexity index is 857. The lowest BCUT2D eigenvalue weighted by Crippen LogP contribution is -2.27. The molecule has 0 aromatic heterocycles. The molecule has 0 unspecified atom stereocenters. The van der Waals surface area contributed by atoms with Crippen molar-refractivity contribution < 1.29 is 13.2 Å². The molecule has 0 saturated carbocycles. The van der Waals surface area contributed by atoms with Crippen molar-refractivity contribution >= 4 is 15.9 Å². The highest BCUT2D eigenvalue weighted by atomic mass is 32.2. The van der Waals surface area contributed by atoms with Crippen molar-refractivity contribution in [2.24, 2.45) is 5.92 Å². The Kier molecular flexibility index (Phi) is 7.16. The number of carbonyl (C=O) groups excluding carboxylic acids is 1. The third-order valence-corrected chi connectivity index (χ3v) is 5.79. The van der Waals surface area contributed by atoms with Crippen LogP contribution in [0.5, 0.6) is 0 Å². The lowest BCUT2D eigenvalue weighted by molar-refractivity contribution is -0.119. The molecule has 0 fully saturated rings. The number of sulfonamides is 1. The van der Waals surface area contributed by atoms with Crippen molar-refractivity contribution in [2.45, 2.75) is 51.6 Å². The minimum absolute atomic E-state index is 0.124. The van der Waals surface area contributed by atoms with Gasteiger partial charge in [0.15, 0.2) is 0 Å². The van der Waals surface area contributed by atoms with Gasteiger partial charge in [-0.25, -0.2) is 13.1 Å². The van der Waals surface area contributed by atoms with Crippen molar-refractivity contribution in [3.8, 4) is 0 Å². The quantitative estimate of drug-likeness (QED) is 0.726. The Morgan fingerprint density at radius 1 is 0.926 bits per heavy atom. The largest absolute Gasteiger partial charge is 0.352 e. The molecule has 0 aliphatic carbocycles. The first-order valence-electron chi connectivity index (χ1n) is 9.12. The van der Waals surface area contributed by atoms with Crippen LogP contribution in [-0.4, -0.2) is 14.3 Å². The molecule has 0 radical (unpaired) electrons. The Labute approximate surface area is 162 Å². The summed E-state index contributed by atoms with van der Waals surface area (Å²) in [5.41, 5.74) is 3.02. The van der Waals surface area contributed by atoms with Crippen LogP contribution in [0.4, 0.5) is 0 Å². The van der Waals surface area contributed by atoms with E-state index in [0.717, 1.165) is 17.5 Å². The Morgan fingerprint density at radius 3 is 2.00 bits per heavy atom. The van der Waals surface area contributed by atoms with Crippen LogP contribution in [0.1, 0.15) is 50.4 Å². The van der Waals surface area contributed by atoms with Gasteiger partial charge in [0.2, 0.25) is 15.9 Å². The highest BCUT2D eigenvalue weighted by Gasteiger charge is 2.18. The SMILES string of the molecule is CC(=O)NCc1ccc(S(=O)(=O)N[C@H](C)c2ccc(CC(C)C)cc2)cc1. The molecule has 0 spiro atoms. The van der Waals surface area contributed by atoms with Crippen LogP contribution in [0.2, 0.25) is 0 Å². The molecular formula is C21H28N2O3S. The average Bonchev–Trinajstić information content (AvgIpc) is 2.60. The minimum atomic E-state index is -3.62. The summed E-state index contributed by atoms with van der Waals surface area (Å²) in [6, 6.07) is 14.2. The molecule has 0 heterocycles. The molecule has 6 heteroatoms.